The Labute approximate surface area is 193 Å². The second-order valence-corrected chi connectivity index (χ2v) is 9.84. The minimum absolute atomic E-state index is 0.189. The van der Waals surface area contributed by atoms with E-state index in [1.807, 2.05) is 36.4 Å². The Morgan fingerprint density at radius 1 is 0.968 bits per heavy atom. The summed E-state index contributed by atoms with van der Waals surface area (Å²) in [6.45, 7) is 0.715. The molecule has 31 heavy (non-hydrogen) atoms. The monoisotopic (exact) mass is 469 g/mol. The SMILES string of the molecule is N=c1c2c3c(sc2n(Cc2ccc(Cl)cc2Cl)c(=O)n1Cc1ccccc1)CCCC3. The molecule has 0 aliphatic heterocycles. The molecule has 0 radical (unpaired) electrons. The molecule has 1 N–H and O–H groups in total. The molecule has 2 aromatic carbocycles. The van der Waals surface area contributed by atoms with Crippen molar-refractivity contribution in [1.82, 2.24) is 9.13 Å². The summed E-state index contributed by atoms with van der Waals surface area (Å²) in [7, 11) is 0. The van der Waals surface area contributed by atoms with E-state index < -0.39 is 0 Å². The molecule has 0 unspecified atom stereocenters. The van der Waals surface area contributed by atoms with Gasteiger partial charge in [0.15, 0.2) is 0 Å². The molecule has 2 heterocycles. The van der Waals surface area contributed by atoms with Crippen LogP contribution in [-0.4, -0.2) is 9.13 Å². The van der Waals surface area contributed by atoms with Crippen LogP contribution in [-0.2, 0) is 25.9 Å². The van der Waals surface area contributed by atoms with E-state index in [0.717, 1.165) is 47.0 Å². The number of fused-ring (bicyclic) bond motifs is 3. The Balaban J connectivity index is 1.75. The van der Waals surface area contributed by atoms with Gasteiger partial charge in [-0.05, 0) is 54.5 Å². The van der Waals surface area contributed by atoms with Crippen molar-refractivity contribution in [2.75, 3.05) is 0 Å². The normalized spacial score (nSPS) is 13.5. The summed E-state index contributed by atoms with van der Waals surface area (Å²) in [4.78, 5) is 15.8. The van der Waals surface area contributed by atoms with E-state index >= 15 is 0 Å². The fraction of sp³-hybridized carbons (Fsp3) is 0.250. The molecular formula is C24H21Cl2N3OS. The molecule has 0 fully saturated rings. The summed E-state index contributed by atoms with van der Waals surface area (Å²) < 4.78 is 3.37. The van der Waals surface area contributed by atoms with E-state index in [9.17, 15) is 4.79 Å². The van der Waals surface area contributed by atoms with Gasteiger partial charge < -0.3 is 0 Å². The van der Waals surface area contributed by atoms with E-state index in [4.69, 9.17) is 28.6 Å². The fourth-order valence-electron chi connectivity index (χ4n) is 4.32. The maximum Gasteiger partial charge on any atom is 0.331 e. The fourth-order valence-corrected chi connectivity index (χ4v) is 6.17. The number of hydrogen-bond acceptors (Lipinski definition) is 3. The summed E-state index contributed by atoms with van der Waals surface area (Å²) in [5, 5.41) is 11.0. The van der Waals surface area contributed by atoms with Gasteiger partial charge in [-0.25, -0.2) is 4.79 Å². The number of halogens is 2. The molecule has 0 atom stereocenters. The van der Waals surface area contributed by atoms with Crippen LogP contribution in [0.4, 0.5) is 0 Å². The van der Waals surface area contributed by atoms with Gasteiger partial charge in [0, 0.05) is 14.9 Å². The van der Waals surface area contributed by atoms with Crippen LogP contribution in [0.1, 0.15) is 34.4 Å². The van der Waals surface area contributed by atoms with Crippen molar-refractivity contribution in [2.24, 2.45) is 0 Å². The third kappa shape index (κ3) is 3.75. The molecule has 1 aliphatic rings. The van der Waals surface area contributed by atoms with Gasteiger partial charge in [-0.3, -0.25) is 14.5 Å². The third-order valence-corrected chi connectivity index (χ3v) is 7.80. The van der Waals surface area contributed by atoms with Gasteiger partial charge in [0.05, 0.1) is 18.5 Å². The zero-order valence-corrected chi connectivity index (χ0v) is 19.2. The lowest BCUT2D eigenvalue weighted by molar-refractivity contribution is 0.622. The van der Waals surface area contributed by atoms with E-state index in [-0.39, 0.29) is 5.69 Å². The topological polar surface area (TPSA) is 50.8 Å². The first-order valence-corrected chi connectivity index (χ1v) is 11.9. The highest BCUT2D eigenvalue weighted by molar-refractivity contribution is 7.18. The van der Waals surface area contributed by atoms with Crippen molar-refractivity contribution in [1.29, 1.82) is 5.41 Å². The number of aromatic nitrogens is 2. The lowest BCUT2D eigenvalue weighted by Gasteiger charge is -2.15. The van der Waals surface area contributed by atoms with Crippen molar-refractivity contribution < 1.29 is 0 Å². The van der Waals surface area contributed by atoms with Crippen molar-refractivity contribution >= 4 is 44.8 Å². The Morgan fingerprint density at radius 3 is 2.52 bits per heavy atom. The van der Waals surface area contributed by atoms with Crippen LogP contribution in [0.25, 0.3) is 10.2 Å². The average Bonchev–Trinajstić information content (AvgIpc) is 3.16. The number of hydrogen-bond donors (Lipinski definition) is 1. The molecule has 7 heteroatoms. The zero-order valence-electron chi connectivity index (χ0n) is 16.8. The van der Waals surface area contributed by atoms with Gasteiger partial charge in [-0.2, -0.15) is 0 Å². The quantitative estimate of drug-likeness (QED) is 0.413. The lowest BCUT2D eigenvalue weighted by Crippen LogP contribution is -2.40. The van der Waals surface area contributed by atoms with Crippen LogP contribution in [0.5, 0.6) is 0 Å². The van der Waals surface area contributed by atoms with E-state index in [1.165, 1.54) is 10.4 Å². The van der Waals surface area contributed by atoms with Crippen LogP contribution in [0.15, 0.2) is 53.3 Å². The predicted octanol–water partition coefficient (Wildman–Crippen LogP) is 5.63. The van der Waals surface area contributed by atoms with Crippen molar-refractivity contribution in [3.05, 3.63) is 96.1 Å². The molecule has 4 aromatic rings. The molecule has 5 rings (SSSR count). The van der Waals surface area contributed by atoms with Gasteiger partial charge >= 0.3 is 5.69 Å². The first-order chi connectivity index (χ1) is 15.0. The highest BCUT2D eigenvalue weighted by Crippen LogP contribution is 2.34. The van der Waals surface area contributed by atoms with Gasteiger partial charge in [0.2, 0.25) is 0 Å². The molecule has 0 amide bonds. The first kappa shape index (κ1) is 20.6. The smallest absolute Gasteiger partial charge is 0.284 e. The molecular weight excluding hydrogens is 449 g/mol. The minimum Gasteiger partial charge on any atom is -0.284 e. The summed E-state index contributed by atoms with van der Waals surface area (Å²) in [5.41, 5.74) is 3.20. The highest BCUT2D eigenvalue weighted by Gasteiger charge is 2.22. The van der Waals surface area contributed by atoms with Crippen molar-refractivity contribution in [2.45, 2.75) is 38.8 Å². The molecule has 158 valence electrons. The van der Waals surface area contributed by atoms with Gasteiger partial charge in [0.25, 0.3) is 0 Å². The number of nitrogens with one attached hydrogen (secondary N) is 1. The van der Waals surface area contributed by atoms with Crippen molar-refractivity contribution in [3.63, 3.8) is 0 Å². The summed E-state index contributed by atoms with van der Waals surface area (Å²) in [5.74, 6) is 0. The Bertz CT molecular complexity index is 1400. The van der Waals surface area contributed by atoms with Crippen LogP contribution in [0.3, 0.4) is 0 Å². The number of aryl methyl sites for hydroxylation is 2. The summed E-state index contributed by atoms with van der Waals surface area (Å²) in [6, 6.07) is 15.2. The molecule has 4 nitrogen and oxygen atoms in total. The van der Waals surface area contributed by atoms with Crippen molar-refractivity contribution in [3.8, 4) is 0 Å². The minimum atomic E-state index is -0.189. The Hall–Kier alpha value is -2.34. The highest BCUT2D eigenvalue weighted by atomic mass is 35.5. The van der Waals surface area contributed by atoms with Gasteiger partial charge in [0.1, 0.15) is 10.3 Å². The number of nitrogens with zero attached hydrogens (tertiary/aromatic N) is 2. The van der Waals surface area contributed by atoms with Crippen LogP contribution in [0.2, 0.25) is 10.0 Å². The first-order valence-electron chi connectivity index (χ1n) is 10.3. The number of thiophene rings is 1. The molecule has 1 aliphatic carbocycles. The number of benzene rings is 2. The second-order valence-electron chi connectivity index (χ2n) is 7.92. The van der Waals surface area contributed by atoms with Gasteiger partial charge in [-0.1, -0.05) is 59.6 Å². The predicted molar refractivity (Wildman–Crippen MR) is 128 cm³/mol. The average molecular weight is 470 g/mol. The largest absolute Gasteiger partial charge is 0.331 e. The maximum atomic E-state index is 13.6. The van der Waals surface area contributed by atoms with Crippen LogP contribution < -0.4 is 11.2 Å². The second kappa shape index (κ2) is 8.30. The van der Waals surface area contributed by atoms with Crippen LogP contribution >= 0.6 is 34.5 Å². The Kier molecular flexibility index (Phi) is 5.51. The van der Waals surface area contributed by atoms with Gasteiger partial charge in [-0.15, -0.1) is 11.3 Å². The van der Waals surface area contributed by atoms with E-state index in [1.54, 1.807) is 32.6 Å². The molecule has 2 aromatic heterocycles. The van der Waals surface area contributed by atoms with E-state index in [0.29, 0.717) is 28.6 Å². The van der Waals surface area contributed by atoms with Crippen LogP contribution in [0, 0.1) is 5.41 Å². The maximum absolute atomic E-state index is 13.6. The molecule has 0 saturated heterocycles. The zero-order chi connectivity index (χ0) is 21.5. The van der Waals surface area contributed by atoms with E-state index in [2.05, 4.69) is 0 Å². The Morgan fingerprint density at radius 2 is 1.74 bits per heavy atom. The molecule has 0 bridgehead atoms. The lowest BCUT2D eigenvalue weighted by atomic mass is 9.97. The summed E-state index contributed by atoms with van der Waals surface area (Å²) in [6.07, 6.45) is 4.26. The standard InChI is InChI=1S/C24H21Cl2N3OS/c25-17-11-10-16(19(26)12-17)14-29-23-21(18-8-4-5-9-20(18)31-23)22(27)28(24(29)30)13-15-6-2-1-3-7-15/h1-3,6-7,10-12,27H,4-5,8-9,13-14H2. The molecule has 0 saturated carbocycles. The number of rotatable bonds is 4. The molecule has 0 spiro atoms. The third-order valence-electron chi connectivity index (χ3n) is 5.89. The summed E-state index contributed by atoms with van der Waals surface area (Å²) >= 11 is 14.2.